The molecular weight excluding hydrogens is 407 g/mol. The van der Waals surface area contributed by atoms with Gasteiger partial charge in [-0.15, -0.1) is 0 Å². The topological polar surface area (TPSA) is 54.2 Å². The van der Waals surface area contributed by atoms with E-state index in [1.165, 1.54) is 0 Å². The minimum absolute atomic E-state index is 0.475. The van der Waals surface area contributed by atoms with Crippen molar-refractivity contribution in [2.24, 2.45) is 0 Å². The van der Waals surface area contributed by atoms with Crippen LogP contribution >= 0.6 is 34.8 Å². The van der Waals surface area contributed by atoms with Crippen LogP contribution in [0.15, 0.2) is 24.4 Å². The molecule has 0 spiro atoms. The molecule has 1 aliphatic heterocycles. The van der Waals surface area contributed by atoms with Crippen LogP contribution in [0.25, 0.3) is 11.0 Å². The Balaban J connectivity index is 1.97. The summed E-state index contributed by atoms with van der Waals surface area (Å²) in [4.78, 5) is 11.3. The molecule has 1 aliphatic rings. The maximum Gasteiger partial charge on any atom is 0.212 e. The van der Waals surface area contributed by atoms with Crippen molar-refractivity contribution in [2.45, 2.75) is 38.8 Å². The van der Waals surface area contributed by atoms with Crippen molar-refractivity contribution in [3.8, 4) is 0 Å². The lowest BCUT2D eigenvalue weighted by molar-refractivity contribution is 0.175. The molecule has 0 fully saturated rings. The highest BCUT2D eigenvalue weighted by Gasteiger charge is 2.27. The van der Waals surface area contributed by atoms with Gasteiger partial charge in [0.15, 0.2) is 5.82 Å². The maximum absolute atomic E-state index is 10.5. The molecule has 0 saturated carbocycles. The summed E-state index contributed by atoms with van der Waals surface area (Å²) in [5, 5.41) is 12.0. The van der Waals surface area contributed by atoms with Gasteiger partial charge in [-0.2, -0.15) is 0 Å². The number of aryl methyl sites for hydroxylation is 1. The van der Waals surface area contributed by atoms with E-state index >= 15 is 0 Å². The molecule has 0 bridgehead atoms. The minimum Gasteiger partial charge on any atom is -0.388 e. The van der Waals surface area contributed by atoms with E-state index in [9.17, 15) is 5.11 Å². The zero-order valence-corrected chi connectivity index (χ0v) is 17.1. The molecule has 27 heavy (non-hydrogen) atoms. The van der Waals surface area contributed by atoms with Gasteiger partial charge in [0.1, 0.15) is 5.52 Å². The number of halogens is 3. The molecule has 1 unspecified atom stereocenters. The van der Waals surface area contributed by atoms with Gasteiger partial charge in [-0.25, -0.2) is 9.97 Å². The van der Waals surface area contributed by atoms with Gasteiger partial charge in [-0.05, 0) is 31.4 Å². The fraction of sp³-hybridized carbons (Fsp3) is 0.368. The number of nitrogens with zero attached hydrogens (tertiary/aromatic N) is 4. The monoisotopic (exact) mass is 424 g/mol. The quantitative estimate of drug-likeness (QED) is 0.579. The summed E-state index contributed by atoms with van der Waals surface area (Å²) in [5.74, 6) is 1.35. The van der Waals surface area contributed by atoms with Crippen LogP contribution in [0.4, 0.5) is 11.8 Å². The average molecular weight is 426 g/mol. The van der Waals surface area contributed by atoms with Crippen molar-refractivity contribution in [3.63, 3.8) is 0 Å². The zero-order chi connectivity index (χ0) is 19.1. The Morgan fingerprint density at radius 2 is 1.93 bits per heavy atom. The van der Waals surface area contributed by atoms with Crippen LogP contribution in [0.3, 0.4) is 0 Å². The Labute approximate surface area is 172 Å². The highest BCUT2D eigenvalue weighted by Crippen LogP contribution is 2.39. The van der Waals surface area contributed by atoms with Crippen molar-refractivity contribution < 1.29 is 5.11 Å². The van der Waals surface area contributed by atoms with Crippen LogP contribution in [-0.4, -0.2) is 26.2 Å². The number of rotatable bonds is 3. The number of aliphatic hydroxyl groups is 1. The molecule has 1 atom stereocenters. The van der Waals surface area contributed by atoms with Crippen LogP contribution in [-0.2, 0) is 6.54 Å². The van der Waals surface area contributed by atoms with Crippen molar-refractivity contribution in [1.29, 1.82) is 0 Å². The molecule has 2 aromatic heterocycles. The number of imidazole rings is 1. The summed E-state index contributed by atoms with van der Waals surface area (Å²) < 4.78 is 2.12. The number of fused-ring (bicyclic) bond motifs is 3. The molecule has 3 heterocycles. The first-order chi connectivity index (χ1) is 13.0. The SMILES string of the molecule is CCC(O)c1ccc(Cl)c2nc3n(c12)CCCCN3c1ncc(Cl)cc1Cl. The Morgan fingerprint density at radius 1 is 1.15 bits per heavy atom. The molecule has 142 valence electrons. The second-order valence-corrected chi connectivity index (χ2v) is 7.89. The summed E-state index contributed by atoms with van der Waals surface area (Å²) in [6, 6.07) is 5.36. The lowest BCUT2D eigenvalue weighted by atomic mass is 10.1. The number of aliphatic hydroxyl groups excluding tert-OH is 1. The van der Waals surface area contributed by atoms with E-state index in [0.29, 0.717) is 32.8 Å². The molecule has 1 aromatic carbocycles. The fourth-order valence-electron chi connectivity index (χ4n) is 3.57. The van der Waals surface area contributed by atoms with Crippen LogP contribution < -0.4 is 4.90 Å². The van der Waals surface area contributed by atoms with Crippen molar-refractivity contribution in [3.05, 3.63) is 45.0 Å². The Hall–Kier alpha value is -1.53. The van der Waals surface area contributed by atoms with Gasteiger partial charge in [0.2, 0.25) is 5.95 Å². The number of pyridine rings is 1. The van der Waals surface area contributed by atoms with Crippen LogP contribution in [0.1, 0.15) is 37.9 Å². The minimum atomic E-state index is -0.570. The number of aromatic nitrogens is 3. The highest BCUT2D eigenvalue weighted by atomic mass is 35.5. The highest BCUT2D eigenvalue weighted by molar-refractivity contribution is 6.36. The van der Waals surface area contributed by atoms with Gasteiger partial charge in [0, 0.05) is 24.8 Å². The lowest BCUT2D eigenvalue weighted by Crippen LogP contribution is -2.21. The lowest BCUT2D eigenvalue weighted by Gasteiger charge is -2.22. The van der Waals surface area contributed by atoms with E-state index < -0.39 is 6.10 Å². The molecule has 0 saturated heterocycles. The summed E-state index contributed by atoms with van der Waals surface area (Å²) in [7, 11) is 0. The van der Waals surface area contributed by atoms with E-state index in [0.717, 1.165) is 43.0 Å². The predicted octanol–water partition coefficient (Wildman–Crippen LogP) is 5.77. The molecule has 8 heteroatoms. The molecule has 4 rings (SSSR count). The summed E-state index contributed by atoms with van der Waals surface area (Å²) in [6.45, 7) is 3.48. The smallest absolute Gasteiger partial charge is 0.212 e. The standard InChI is InChI=1S/C19H19Cl3N4O/c1-2-15(27)12-5-6-13(21)16-17(12)25-7-3-4-8-26(19(25)24-16)18-14(22)9-11(20)10-23-18/h5-6,9-10,15,27H,2-4,7-8H2,1H3. The summed E-state index contributed by atoms with van der Waals surface area (Å²) in [5.41, 5.74) is 2.41. The number of hydrogen-bond donors (Lipinski definition) is 1. The molecular formula is C19H19Cl3N4O. The van der Waals surface area contributed by atoms with Crippen molar-refractivity contribution in [2.75, 3.05) is 11.4 Å². The van der Waals surface area contributed by atoms with Crippen molar-refractivity contribution in [1.82, 2.24) is 14.5 Å². The first-order valence-corrected chi connectivity index (χ1v) is 10.1. The fourth-order valence-corrected chi connectivity index (χ4v) is 4.25. The second-order valence-electron chi connectivity index (χ2n) is 6.64. The average Bonchev–Trinajstić information content (AvgIpc) is 2.91. The summed E-state index contributed by atoms with van der Waals surface area (Å²) >= 11 is 18.9. The van der Waals surface area contributed by atoms with E-state index in [1.54, 1.807) is 18.3 Å². The maximum atomic E-state index is 10.5. The third-order valence-electron chi connectivity index (χ3n) is 4.90. The van der Waals surface area contributed by atoms with E-state index in [2.05, 4.69) is 9.55 Å². The van der Waals surface area contributed by atoms with Crippen LogP contribution in [0.5, 0.6) is 0 Å². The predicted molar refractivity (Wildman–Crippen MR) is 110 cm³/mol. The van der Waals surface area contributed by atoms with Gasteiger partial charge in [-0.3, -0.25) is 4.90 Å². The molecule has 3 aromatic rings. The van der Waals surface area contributed by atoms with Crippen LogP contribution in [0, 0.1) is 0 Å². The number of anilines is 2. The third-order valence-corrected chi connectivity index (χ3v) is 5.69. The molecule has 0 aliphatic carbocycles. The Kier molecular flexibility index (Phi) is 5.21. The van der Waals surface area contributed by atoms with E-state index in [4.69, 9.17) is 39.8 Å². The van der Waals surface area contributed by atoms with Gasteiger partial charge in [0.05, 0.1) is 26.7 Å². The normalized spacial score (nSPS) is 15.7. The van der Waals surface area contributed by atoms with Gasteiger partial charge in [-0.1, -0.05) is 47.8 Å². The van der Waals surface area contributed by atoms with E-state index in [1.807, 2.05) is 17.9 Å². The van der Waals surface area contributed by atoms with Gasteiger partial charge in [0.25, 0.3) is 0 Å². The number of benzene rings is 1. The summed E-state index contributed by atoms with van der Waals surface area (Å²) in [6.07, 6.45) is 3.58. The van der Waals surface area contributed by atoms with E-state index in [-0.39, 0.29) is 0 Å². The Morgan fingerprint density at radius 3 is 2.67 bits per heavy atom. The molecule has 1 N–H and O–H groups in total. The van der Waals surface area contributed by atoms with Gasteiger partial charge < -0.3 is 9.67 Å². The first kappa shape index (κ1) is 18.8. The first-order valence-electron chi connectivity index (χ1n) is 8.96. The third kappa shape index (κ3) is 3.27. The Bertz CT molecular complexity index is 1000. The van der Waals surface area contributed by atoms with Crippen molar-refractivity contribution >= 4 is 57.6 Å². The molecule has 0 amide bonds. The molecule has 0 radical (unpaired) electrons. The van der Waals surface area contributed by atoms with Gasteiger partial charge >= 0.3 is 0 Å². The van der Waals surface area contributed by atoms with Crippen LogP contribution in [0.2, 0.25) is 15.1 Å². The largest absolute Gasteiger partial charge is 0.388 e. The molecule has 5 nitrogen and oxygen atoms in total. The second kappa shape index (κ2) is 7.47. The number of hydrogen-bond acceptors (Lipinski definition) is 4. The zero-order valence-electron chi connectivity index (χ0n) is 14.8.